The summed E-state index contributed by atoms with van der Waals surface area (Å²) in [5.41, 5.74) is 2.20. The number of anilines is 3. The largest absolute Gasteiger partial charge is 0.369 e. The summed E-state index contributed by atoms with van der Waals surface area (Å²) in [7, 11) is 0. The van der Waals surface area contributed by atoms with E-state index in [2.05, 4.69) is 39.3 Å². The van der Waals surface area contributed by atoms with E-state index in [0.29, 0.717) is 17.4 Å². The van der Waals surface area contributed by atoms with E-state index >= 15 is 0 Å². The van der Waals surface area contributed by atoms with Gasteiger partial charge in [-0.25, -0.2) is 0 Å². The van der Waals surface area contributed by atoms with E-state index in [1.165, 1.54) is 0 Å². The van der Waals surface area contributed by atoms with E-state index in [4.69, 9.17) is 0 Å². The zero-order valence-electron chi connectivity index (χ0n) is 17.8. The number of carbonyl (C=O) groups excluding carboxylic acids is 2. The summed E-state index contributed by atoms with van der Waals surface area (Å²) in [6.07, 6.45) is 3.36. The van der Waals surface area contributed by atoms with Crippen molar-refractivity contribution in [2.45, 2.75) is 19.9 Å². The first-order chi connectivity index (χ1) is 15.0. The van der Waals surface area contributed by atoms with Gasteiger partial charge in [0, 0.05) is 61.4 Å². The maximum absolute atomic E-state index is 12.5. The molecule has 0 aliphatic carbocycles. The molecule has 0 bridgehead atoms. The second kappa shape index (κ2) is 9.14. The van der Waals surface area contributed by atoms with E-state index in [0.717, 1.165) is 42.6 Å². The van der Waals surface area contributed by atoms with Gasteiger partial charge in [-0.2, -0.15) is 0 Å². The third kappa shape index (κ3) is 4.83. The average molecular weight is 418 g/mol. The van der Waals surface area contributed by atoms with Crippen molar-refractivity contribution < 1.29 is 9.59 Å². The Morgan fingerprint density at radius 3 is 2.45 bits per heavy atom. The van der Waals surface area contributed by atoms with Crippen LogP contribution in [-0.2, 0) is 9.59 Å². The van der Waals surface area contributed by atoms with Crippen LogP contribution in [0.25, 0.3) is 10.8 Å². The molecule has 2 heterocycles. The Morgan fingerprint density at radius 1 is 0.935 bits per heavy atom. The number of fused-ring (bicyclic) bond motifs is 1. The first-order valence-electron chi connectivity index (χ1n) is 10.6. The molecule has 7 nitrogen and oxygen atoms in total. The predicted octanol–water partition coefficient (Wildman–Crippen LogP) is 3.34. The highest BCUT2D eigenvalue weighted by molar-refractivity contribution is 6.44. The molecule has 0 radical (unpaired) electrons. The Kier molecular flexibility index (Phi) is 6.13. The summed E-state index contributed by atoms with van der Waals surface area (Å²) in [6.45, 7) is 8.32. The Bertz CT molecular complexity index is 1080. The third-order valence-electron chi connectivity index (χ3n) is 5.65. The summed E-state index contributed by atoms with van der Waals surface area (Å²) in [5, 5.41) is 7.13. The predicted molar refractivity (Wildman–Crippen MR) is 124 cm³/mol. The molecule has 7 heteroatoms. The van der Waals surface area contributed by atoms with E-state index < -0.39 is 11.8 Å². The molecule has 1 aromatic heterocycles. The lowest BCUT2D eigenvalue weighted by atomic mass is 10.1. The number of nitrogens with zero attached hydrogens (tertiary/aromatic N) is 3. The fourth-order valence-electron chi connectivity index (χ4n) is 3.87. The molecule has 0 unspecified atom stereocenters. The monoisotopic (exact) mass is 417 g/mol. The van der Waals surface area contributed by atoms with Gasteiger partial charge in [-0.3, -0.25) is 19.5 Å². The molecule has 1 aliphatic heterocycles. The lowest BCUT2D eigenvalue weighted by molar-refractivity contribution is -0.132. The zero-order chi connectivity index (χ0) is 21.8. The van der Waals surface area contributed by atoms with E-state index in [-0.39, 0.29) is 0 Å². The van der Waals surface area contributed by atoms with Crippen LogP contribution in [0, 0.1) is 0 Å². The fourth-order valence-corrected chi connectivity index (χ4v) is 3.87. The van der Waals surface area contributed by atoms with Crippen molar-refractivity contribution in [1.82, 2.24) is 9.88 Å². The number of benzene rings is 2. The van der Waals surface area contributed by atoms with Crippen LogP contribution in [0.2, 0.25) is 0 Å². The summed E-state index contributed by atoms with van der Waals surface area (Å²) >= 11 is 0. The molecule has 2 amide bonds. The zero-order valence-corrected chi connectivity index (χ0v) is 17.8. The second-order valence-electron chi connectivity index (χ2n) is 7.98. The highest BCUT2D eigenvalue weighted by Gasteiger charge is 2.20. The van der Waals surface area contributed by atoms with Crippen LogP contribution in [0.15, 0.2) is 60.9 Å². The van der Waals surface area contributed by atoms with E-state index in [9.17, 15) is 9.59 Å². The molecule has 3 aromatic rings. The molecule has 160 valence electrons. The summed E-state index contributed by atoms with van der Waals surface area (Å²) in [4.78, 5) is 33.8. The standard InChI is InChI=1S/C24H27N5O2/c1-17(2)28-11-13-29(14-12-28)20-7-4-6-19(15-20)26-23(30)24(31)27-22-8-3-5-18-9-10-25-16-21(18)22/h3-10,15-17H,11-14H2,1-2H3,(H,26,30)(H,27,31). The summed E-state index contributed by atoms with van der Waals surface area (Å²) in [6, 6.07) is 15.6. The molecule has 0 saturated carbocycles. The number of carbonyl (C=O) groups is 2. The average Bonchev–Trinajstić information content (AvgIpc) is 2.79. The highest BCUT2D eigenvalue weighted by atomic mass is 16.2. The van der Waals surface area contributed by atoms with E-state index in [1.807, 2.05) is 36.4 Å². The molecule has 0 spiro atoms. The molecule has 0 atom stereocenters. The number of nitrogens with one attached hydrogen (secondary N) is 2. The molecule has 1 saturated heterocycles. The van der Waals surface area contributed by atoms with Crippen molar-refractivity contribution in [2.24, 2.45) is 0 Å². The van der Waals surface area contributed by atoms with Crippen molar-refractivity contribution in [2.75, 3.05) is 41.7 Å². The van der Waals surface area contributed by atoms with Crippen LogP contribution in [0.4, 0.5) is 17.1 Å². The Labute approximate surface area is 182 Å². The third-order valence-corrected chi connectivity index (χ3v) is 5.65. The maximum Gasteiger partial charge on any atom is 0.314 e. The van der Waals surface area contributed by atoms with Crippen molar-refractivity contribution in [1.29, 1.82) is 0 Å². The Balaban J connectivity index is 1.40. The summed E-state index contributed by atoms with van der Waals surface area (Å²) in [5.74, 6) is -1.42. The lowest BCUT2D eigenvalue weighted by Gasteiger charge is -2.38. The van der Waals surface area contributed by atoms with Crippen LogP contribution < -0.4 is 15.5 Å². The quantitative estimate of drug-likeness (QED) is 0.637. The highest BCUT2D eigenvalue weighted by Crippen LogP contribution is 2.23. The van der Waals surface area contributed by atoms with Crippen molar-refractivity contribution in [3.05, 3.63) is 60.9 Å². The van der Waals surface area contributed by atoms with Gasteiger partial charge >= 0.3 is 11.8 Å². The number of hydrogen-bond acceptors (Lipinski definition) is 5. The van der Waals surface area contributed by atoms with Gasteiger partial charge in [0.05, 0.1) is 5.69 Å². The maximum atomic E-state index is 12.5. The molecular formula is C24H27N5O2. The number of hydrogen-bond donors (Lipinski definition) is 2. The minimum absolute atomic E-state index is 0.545. The smallest absolute Gasteiger partial charge is 0.314 e. The molecule has 31 heavy (non-hydrogen) atoms. The van der Waals surface area contributed by atoms with Gasteiger partial charge < -0.3 is 15.5 Å². The van der Waals surface area contributed by atoms with Crippen molar-refractivity contribution in [3.63, 3.8) is 0 Å². The number of aromatic nitrogens is 1. The molecule has 4 rings (SSSR count). The van der Waals surface area contributed by atoms with Gasteiger partial charge in [-0.05, 0) is 49.6 Å². The van der Waals surface area contributed by atoms with Crippen LogP contribution in [-0.4, -0.2) is 53.9 Å². The first kappa shape index (κ1) is 20.8. The van der Waals surface area contributed by atoms with Gasteiger partial charge in [0.2, 0.25) is 0 Å². The normalized spacial score (nSPS) is 14.6. The number of amides is 2. The Hall–Kier alpha value is -3.45. The minimum Gasteiger partial charge on any atom is -0.369 e. The first-order valence-corrected chi connectivity index (χ1v) is 10.6. The van der Waals surface area contributed by atoms with Gasteiger partial charge in [-0.1, -0.05) is 18.2 Å². The summed E-state index contributed by atoms with van der Waals surface area (Å²) < 4.78 is 0. The molecule has 2 aromatic carbocycles. The fraction of sp³-hybridized carbons (Fsp3) is 0.292. The van der Waals surface area contributed by atoms with Crippen LogP contribution >= 0.6 is 0 Å². The molecule has 1 aliphatic rings. The number of piperazine rings is 1. The number of rotatable bonds is 4. The Morgan fingerprint density at radius 2 is 1.68 bits per heavy atom. The van der Waals surface area contributed by atoms with E-state index in [1.54, 1.807) is 24.5 Å². The van der Waals surface area contributed by atoms with Crippen LogP contribution in [0.1, 0.15) is 13.8 Å². The van der Waals surface area contributed by atoms with Gasteiger partial charge in [0.15, 0.2) is 0 Å². The second-order valence-corrected chi connectivity index (χ2v) is 7.98. The van der Waals surface area contributed by atoms with Gasteiger partial charge in [-0.15, -0.1) is 0 Å². The van der Waals surface area contributed by atoms with Gasteiger partial charge in [0.1, 0.15) is 0 Å². The van der Waals surface area contributed by atoms with Gasteiger partial charge in [0.25, 0.3) is 0 Å². The van der Waals surface area contributed by atoms with Crippen LogP contribution in [0.3, 0.4) is 0 Å². The topological polar surface area (TPSA) is 77.6 Å². The minimum atomic E-state index is -0.715. The molecule has 2 N–H and O–H groups in total. The SMILES string of the molecule is CC(C)N1CCN(c2cccc(NC(=O)C(=O)Nc3cccc4ccncc34)c2)CC1. The lowest BCUT2D eigenvalue weighted by Crippen LogP contribution is -2.48. The van der Waals surface area contributed by atoms with Crippen molar-refractivity contribution in [3.8, 4) is 0 Å². The molecule has 1 fully saturated rings. The van der Waals surface area contributed by atoms with Crippen LogP contribution in [0.5, 0.6) is 0 Å². The molecular weight excluding hydrogens is 390 g/mol. The number of pyridine rings is 1. The van der Waals surface area contributed by atoms with Crippen molar-refractivity contribution >= 4 is 39.6 Å².